The molecular weight excluding hydrogens is 422 g/mol. The van der Waals surface area contributed by atoms with Gasteiger partial charge in [0.25, 0.3) is 11.7 Å². The van der Waals surface area contributed by atoms with Crippen LogP contribution in [-0.2, 0) is 16.1 Å². The third-order valence-corrected chi connectivity index (χ3v) is 5.63. The van der Waals surface area contributed by atoms with Gasteiger partial charge in [-0.15, -0.1) is 0 Å². The Hall–Kier alpha value is -4.00. The lowest BCUT2D eigenvalue weighted by molar-refractivity contribution is -0.140. The van der Waals surface area contributed by atoms with Crippen molar-refractivity contribution in [3.05, 3.63) is 88.9 Å². The van der Waals surface area contributed by atoms with Crippen LogP contribution in [0.1, 0.15) is 35.4 Å². The third-order valence-electron chi connectivity index (χ3n) is 5.63. The summed E-state index contributed by atoms with van der Waals surface area (Å²) >= 11 is 0. The van der Waals surface area contributed by atoms with Crippen LogP contribution in [0.5, 0.6) is 11.5 Å². The maximum Gasteiger partial charge on any atom is 0.296 e. The minimum Gasteiger partial charge on any atom is -0.507 e. The first-order valence-corrected chi connectivity index (χ1v) is 10.6. The van der Waals surface area contributed by atoms with E-state index in [9.17, 15) is 14.7 Å². The quantitative estimate of drug-likeness (QED) is 0.323. The zero-order valence-corrected chi connectivity index (χ0v) is 18.7. The van der Waals surface area contributed by atoms with Gasteiger partial charge in [0.15, 0.2) is 0 Å². The molecule has 0 aliphatic carbocycles. The van der Waals surface area contributed by atoms with Crippen molar-refractivity contribution in [2.45, 2.75) is 26.4 Å². The van der Waals surface area contributed by atoms with E-state index in [1.165, 1.54) is 11.2 Å². The molecule has 4 rings (SSSR count). The maximum atomic E-state index is 13.1. The van der Waals surface area contributed by atoms with Crippen LogP contribution < -0.4 is 9.47 Å². The maximum absolute atomic E-state index is 13.1. The van der Waals surface area contributed by atoms with Crippen LogP contribution >= 0.6 is 0 Å². The van der Waals surface area contributed by atoms with E-state index in [0.29, 0.717) is 29.4 Å². The molecule has 0 bridgehead atoms. The number of ketones is 1. The van der Waals surface area contributed by atoms with Gasteiger partial charge >= 0.3 is 0 Å². The third kappa shape index (κ3) is 4.09. The summed E-state index contributed by atoms with van der Waals surface area (Å²) < 4.78 is 16.6. The Balaban J connectivity index is 1.81. The fourth-order valence-electron chi connectivity index (χ4n) is 4.07. The van der Waals surface area contributed by atoms with Crippen molar-refractivity contribution in [2.75, 3.05) is 13.7 Å². The summed E-state index contributed by atoms with van der Waals surface area (Å²) in [5.74, 6) is -0.0772. The van der Waals surface area contributed by atoms with Crippen molar-refractivity contribution in [2.24, 2.45) is 0 Å². The van der Waals surface area contributed by atoms with Gasteiger partial charge in [-0.3, -0.25) is 9.59 Å². The number of Topliss-reactive ketones (excluding diaryl/α,β-unsaturated/α-hetero) is 1. The Morgan fingerprint density at radius 2 is 1.88 bits per heavy atom. The van der Waals surface area contributed by atoms with Crippen LogP contribution in [0.3, 0.4) is 0 Å². The number of hydrogen-bond donors (Lipinski definition) is 1. The molecule has 0 saturated carbocycles. The van der Waals surface area contributed by atoms with E-state index in [0.717, 1.165) is 11.1 Å². The number of amides is 1. The molecule has 1 amide bonds. The van der Waals surface area contributed by atoms with Gasteiger partial charge in [-0.05, 0) is 55.8 Å². The number of aliphatic hydroxyl groups is 1. The average Bonchev–Trinajstić information content (AvgIpc) is 3.43. The van der Waals surface area contributed by atoms with E-state index < -0.39 is 17.7 Å². The predicted molar refractivity (Wildman–Crippen MR) is 122 cm³/mol. The summed E-state index contributed by atoms with van der Waals surface area (Å²) in [7, 11) is 1.55. The first kappa shape index (κ1) is 22.2. The fraction of sp³-hybridized carbons (Fsp3) is 0.231. The highest BCUT2D eigenvalue weighted by Gasteiger charge is 2.47. The summed E-state index contributed by atoms with van der Waals surface area (Å²) in [6.45, 7) is 4.36. The number of nitrogens with zero attached hydrogens (tertiary/aromatic N) is 1. The lowest BCUT2D eigenvalue weighted by Gasteiger charge is -2.24. The molecule has 33 heavy (non-hydrogen) atoms. The van der Waals surface area contributed by atoms with Crippen molar-refractivity contribution in [1.82, 2.24) is 4.90 Å². The molecular formula is C26H25NO6. The Bertz CT molecular complexity index is 1210. The van der Waals surface area contributed by atoms with Crippen LogP contribution in [0.2, 0.25) is 0 Å². The van der Waals surface area contributed by atoms with E-state index in [4.69, 9.17) is 13.9 Å². The van der Waals surface area contributed by atoms with Crippen LogP contribution in [0.4, 0.5) is 0 Å². The minimum atomic E-state index is -0.878. The number of carbonyl (C=O) groups is 2. The number of benzene rings is 2. The molecule has 1 N–H and O–H groups in total. The minimum absolute atomic E-state index is 0.0200. The van der Waals surface area contributed by atoms with E-state index in [1.54, 1.807) is 43.5 Å². The Morgan fingerprint density at radius 1 is 1.09 bits per heavy atom. The highest BCUT2D eigenvalue weighted by atomic mass is 16.5. The van der Waals surface area contributed by atoms with Crippen molar-refractivity contribution in [1.29, 1.82) is 0 Å². The lowest BCUT2D eigenvalue weighted by Crippen LogP contribution is -2.29. The van der Waals surface area contributed by atoms with Gasteiger partial charge < -0.3 is 23.9 Å². The topological polar surface area (TPSA) is 89.2 Å². The van der Waals surface area contributed by atoms with Gasteiger partial charge in [0, 0.05) is 11.1 Å². The molecule has 1 atom stereocenters. The first-order valence-electron chi connectivity index (χ1n) is 10.6. The SMILES string of the molecule is CCOc1ccc(/C(O)=C2/C(=O)C(=O)N(Cc3ccccc3OC)C2c2ccco2)cc1C. The number of methoxy groups -OCH3 is 1. The smallest absolute Gasteiger partial charge is 0.296 e. The highest BCUT2D eigenvalue weighted by molar-refractivity contribution is 6.46. The number of likely N-dealkylation sites (tertiary alicyclic amines) is 1. The molecule has 1 aliphatic heterocycles. The Kier molecular flexibility index (Phi) is 6.22. The Morgan fingerprint density at radius 3 is 2.55 bits per heavy atom. The summed E-state index contributed by atoms with van der Waals surface area (Å²) in [6, 6.07) is 14.9. The van der Waals surface area contributed by atoms with Gasteiger partial charge in [-0.1, -0.05) is 18.2 Å². The number of hydrogen-bond acceptors (Lipinski definition) is 6. The zero-order valence-electron chi connectivity index (χ0n) is 18.7. The lowest BCUT2D eigenvalue weighted by atomic mass is 9.98. The van der Waals surface area contributed by atoms with Crippen LogP contribution in [0, 0.1) is 6.92 Å². The highest BCUT2D eigenvalue weighted by Crippen LogP contribution is 2.41. The summed E-state index contributed by atoms with van der Waals surface area (Å²) in [5, 5.41) is 11.2. The molecule has 0 radical (unpaired) electrons. The van der Waals surface area contributed by atoms with E-state index in [2.05, 4.69) is 0 Å². The van der Waals surface area contributed by atoms with Crippen molar-refractivity contribution in [3.8, 4) is 11.5 Å². The van der Waals surface area contributed by atoms with Gasteiger partial charge in [-0.25, -0.2) is 0 Å². The molecule has 0 spiro atoms. The monoisotopic (exact) mass is 447 g/mol. The normalized spacial score (nSPS) is 17.4. The largest absolute Gasteiger partial charge is 0.507 e. The number of carbonyl (C=O) groups excluding carboxylic acids is 2. The van der Waals surface area contributed by atoms with Gasteiger partial charge in [0.1, 0.15) is 29.1 Å². The number of ether oxygens (including phenoxy) is 2. The number of para-hydroxylation sites is 1. The van der Waals surface area contributed by atoms with E-state index in [1.807, 2.05) is 32.0 Å². The van der Waals surface area contributed by atoms with Crippen molar-refractivity contribution >= 4 is 17.4 Å². The molecule has 7 heteroatoms. The summed E-state index contributed by atoms with van der Waals surface area (Å²) in [6.07, 6.45) is 1.47. The molecule has 1 aromatic heterocycles. The number of rotatable bonds is 7. The van der Waals surface area contributed by atoms with Crippen LogP contribution in [0.15, 0.2) is 70.9 Å². The summed E-state index contributed by atoms with van der Waals surface area (Å²) in [4.78, 5) is 27.6. The molecule has 1 fully saturated rings. The first-order chi connectivity index (χ1) is 16.0. The molecule has 1 saturated heterocycles. The second kappa shape index (κ2) is 9.24. The second-order valence-corrected chi connectivity index (χ2v) is 7.67. The number of furan rings is 1. The number of aliphatic hydroxyl groups excluding tert-OH is 1. The van der Waals surface area contributed by atoms with Crippen molar-refractivity contribution in [3.63, 3.8) is 0 Å². The zero-order chi connectivity index (χ0) is 23.5. The van der Waals surface area contributed by atoms with Crippen molar-refractivity contribution < 1.29 is 28.6 Å². The molecule has 7 nitrogen and oxygen atoms in total. The fourth-order valence-corrected chi connectivity index (χ4v) is 4.07. The molecule has 3 aromatic rings. The van der Waals surface area contributed by atoms with Gasteiger partial charge in [0.05, 0.1) is 32.1 Å². The van der Waals surface area contributed by atoms with Gasteiger partial charge in [0.2, 0.25) is 0 Å². The molecule has 1 unspecified atom stereocenters. The molecule has 1 aliphatic rings. The standard InChI is InChI=1S/C26H25NO6/c1-4-32-19-12-11-17(14-16(19)2)24(28)22-23(21-10-7-13-33-21)27(26(30)25(22)29)15-18-8-5-6-9-20(18)31-3/h5-14,23,28H,4,15H2,1-3H3/b24-22-. The second-order valence-electron chi connectivity index (χ2n) is 7.67. The molecule has 2 heterocycles. The van der Waals surface area contributed by atoms with Gasteiger partial charge in [-0.2, -0.15) is 0 Å². The molecule has 170 valence electrons. The van der Waals surface area contributed by atoms with E-state index >= 15 is 0 Å². The molecule has 2 aromatic carbocycles. The Labute approximate surface area is 191 Å². The van der Waals surface area contributed by atoms with Crippen LogP contribution in [-0.4, -0.2) is 35.4 Å². The van der Waals surface area contributed by atoms with E-state index in [-0.39, 0.29) is 17.9 Å². The number of aryl methyl sites for hydroxylation is 1. The predicted octanol–water partition coefficient (Wildman–Crippen LogP) is 4.62. The summed E-state index contributed by atoms with van der Waals surface area (Å²) in [5.41, 5.74) is 1.94. The average molecular weight is 447 g/mol. The van der Waals surface area contributed by atoms with Crippen LogP contribution in [0.25, 0.3) is 5.76 Å².